The molecule has 0 radical (unpaired) electrons. The van der Waals surface area contributed by atoms with Crippen molar-refractivity contribution < 1.29 is 18.7 Å². The first kappa shape index (κ1) is 18.8. The monoisotopic (exact) mass is 431 g/mol. The van der Waals surface area contributed by atoms with Crippen LogP contribution in [0.5, 0.6) is 0 Å². The van der Waals surface area contributed by atoms with E-state index in [-0.39, 0.29) is 11.4 Å². The predicted molar refractivity (Wildman–Crippen MR) is 95.9 cm³/mol. The molecule has 0 saturated heterocycles. The zero-order valence-corrected chi connectivity index (χ0v) is 15.4. The Morgan fingerprint density at radius 1 is 1.25 bits per heavy atom. The zero-order chi connectivity index (χ0) is 17.5. The number of thioether (sulfide) groups is 1. The van der Waals surface area contributed by atoms with Gasteiger partial charge in [0.25, 0.3) is 5.91 Å². The van der Waals surface area contributed by atoms with E-state index >= 15 is 0 Å². The summed E-state index contributed by atoms with van der Waals surface area (Å²) in [6.45, 7) is -0.489. The number of benzene rings is 2. The van der Waals surface area contributed by atoms with Crippen LogP contribution in [-0.4, -0.2) is 24.2 Å². The molecule has 0 aromatic heterocycles. The topological polar surface area (TPSA) is 55.4 Å². The Morgan fingerprint density at radius 2 is 2.00 bits per heavy atom. The van der Waals surface area contributed by atoms with Crippen molar-refractivity contribution in [1.82, 2.24) is 0 Å². The first-order valence-electron chi connectivity index (χ1n) is 6.73. The fraction of sp³-hybridized carbons (Fsp3) is 0.125. The number of hydrogen-bond donors (Lipinski definition) is 1. The first-order valence-corrected chi connectivity index (χ1v) is 8.89. The number of nitrogens with one attached hydrogen (secondary N) is 1. The van der Waals surface area contributed by atoms with Crippen molar-refractivity contribution in [3.63, 3.8) is 0 Å². The van der Waals surface area contributed by atoms with E-state index in [0.717, 1.165) is 4.90 Å². The second kappa shape index (κ2) is 9.05. The summed E-state index contributed by atoms with van der Waals surface area (Å²) in [5, 5.41) is 2.88. The van der Waals surface area contributed by atoms with Gasteiger partial charge in [-0.15, -0.1) is 11.8 Å². The van der Waals surface area contributed by atoms with E-state index in [2.05, 4.69) is 21.2 Å². The molecule has 0 unspecified atom stereocenters. The fourth-order valence-electron chi connectivity index (χ4n) is 1.66. The molecular weight excluding hydrogens is 421 g/mol. The van der Waals surface area contributed by atoms with Gasteiger partial charge in [0.05, 0.1) is 16.5 Å². The normalized spacial score (nSPS) is 10.3. The third-order valence-corrected chi connectivity index (χ3v) is 4.73. The fourth-order valence-corrected chi connectivity index (χ4v) is 3.03. The third-order valence-electron chi connectivity index (χ3n) is 2.75. The van der Waals surface area contributed by atoms with Crippen LogP contribution in [0.15, 0.2) is 51.8 Å². The molecule has 0 aliphatic carbocycles. The van der Waals surface area contributed by atoms with Crippen LogP contribution in [0.25, 0.3) is 0 Å². The largest absolute Gasteiger partial charge is 0.455 e. The molecule has 2 aromatic carbocycles. The Morgan fingerprint density at radius 3 is 2.71 bits per heavy atom. The van der Waals surface area contributed by atoms with Crippen LogP contribution in [0.2, 0.25) is 5.02 Å². The number of ether oxygens (including phenoxy) is 1. The van der Waals surface area contributed by atoms with Gasteiger partial charge in [0.1, 0.15) is 5.82 Å². The van der Waals surface area contributed by atoms with Crippen molar-refractivity contribution in [1.29, 1.82) is 0 Å². The lowest BCUT2D eigenvalue weighted by molar-refractivity contribution is -0.144. The maximum absolute atomic E-state index is 13.6. The second-order valence-corrected chi connectivity index (χ2v) is 6.89. The predicted octanol–water partition coefficient (Wildman–Crippen LogP) is 4.52. The lowest BCUT2D eigenvalue weighted by Gasteiger charge is -2.08. The van der Waals surface area contributed by atoms with Gasteiger partial charge in [0, 0.05) is 9.37 Å². The molecule has 1 amide bonds. The molecule has 24 heavy (non-hydrogen) atoms. The van der Waals surface area contributed by atoms with Crippen LogP contribution in [0.3, 0.4) is 0 Å². The van der Waals surface area contributed by atoms with Gasteiger partial charge in [-0.05, 0) is 30.3 Å². The van der Waals surface area contributed by atoms with Gasteiger partial charge in [-0.2, -0.15) is 0 Å². The molecule has 0 aliphatic heterocycles. The van der Waals surface area contributed by atoms with Crippen LogP contribution in [0, 0.1) is 5.82 Å². The van der Waals surface area contributed by atoms with E-state index in [9.17, 15) is 14.0 Å². The van der Waals surface area contributed by atoms with Gasteiger partial charge in [-0.1, -0.05) is 39.7 Å². The molecule has 0 fully saturated rings. The molecule has 0 atom stereocenters. The second-order valence-electron chi connectivity index (χ2n) is 4.55. The summed E-state index contributed by atoms with van der Waals surface area (Å²) in [6, 6.07) is 11.3. The summed E-state index contributed by atoms with van der Waals surface area (Å²) in [4.78, 5) is 24.1. The Balaban J connectivity index is 1.77. The lowest BCUT2D eigenvalue weighted by Crippen LogP contribution is -2.22. The molecule has 0 heterocycles. The molecule has 0 aliphatic rings. The standard InChI is InChI=1S/C16H12BrClFNO3S/c17-10-5-6-13(12(19)7-10)20-15(21)8-23-16(22)9-24-14-4-2-1-3-11(14)18/h1-7H,8-9H2,(H,20,21). The number of carbonyl (C=O) groups excluding carboxylic acids is 2. The Kier molecular flexibility index (Phi) is 7.08. The summed E-state index contributed by atoms with van der Waals surface area (Å²) >= 11 is 10.3. The summed E-state index contributed by atoms with van der Waals surface area (Å²) in [5.41, 5.74) is 0.0182. The number of carbonyl (C=O) groups is 2. The zero-order valence-electron chi connectivity index (χ0n) is 12.2. The number of esters is 1. The molecule has 4 nitrogen and oxygen atoms in total. The first-order chi connectivity index (χ1) is 11.5. The van der Waals surface area contributed by atoms with Crippen LogP contribution < -0.4 is 5.32 Å². The minimum Gasteiger partial charge on any atom is -0.455 e. The van der Waals surface area contributed by atoms with E-state index in [1.54, 1.807) is 30.3 Å². The minimum absolute atomic E-state index is 0.0175. The third kappa shape index (κ3) is 5.81. The molecule has 2 aromatic rings. The summed E-state index contributed by atoms with van der Waals surface area (Å²) < 4.78 is 19.0. The smallest absolute Gasteiger partial charge is 0.316 e. The molecular formula is C16H12BrClFNO3S. The van der Waals surface area contributed by atoms with Crippen molar-refractivity contribution in [2.45, 2.75) is 4.90 Å². The van der Waals surface area contributed by atoms with Gasteiger partial charge >= 0.3 is 5.97 Å². The maximum atomic E-state index is 13.6. The van der Waals surface area contributed by atoms with Gasteiger partial charge in [0.2, 0.25) is 0 Å². The van der Waals surface area contributed by atoms with E-state index < -0.39 is 24.3 Å². The highest BCUT2D eigenvalue weighted by Crippen LogP contribution is 2.26. The number of hydrogen-bond acceptors (Lipinski definition) is 4. The number of anilines is 1. The number of rotatable bonds is 6. The molecule has 1 N–H and O–H groups in total. The van der Waals surface area contributed by atoms with Crippen molar-refractivity contribution in [3.05, 3.63) is 57.8 Å². The van der Waals surface area contributed by atoms with Crippen molar-refractivity contribution in [3.8, 4) is 0 Å². The van der Waals surface area contributed by atoms with Crippen molar-refractivity contribution >= 4 is 56.9 Å². The maximum Gasteiger partial charge on any atom is 0.316 e. The minimum atomic E-state index is -0.618. The highest BCUT2D eigenvalue weighted by Gasteiger charge is 2.11. The molecule has 126 valence electrons. The number of halogens is 3. The summed E-state index contributed by atoms with van der Waals surface area (Å²) in [5.74, 6) is -1.75. The quantitative estimate of drug-likeness (QED) is 0.539. The average molecular weight is 433 g/mol. The molecule has 0 saturated carbocycles. The van der Waals surface area contributed by atoms with Crippen molar-refractivity contribution in [2.75, 3.05) is 17.7 Å². The molecule has 0 spiro atoms. The van der Waals surface area contributed by atoms with Gasteiger partial charge < -0.3 is 10.1 Å². The van der Waals surface area contributed by atoms with Gasteiger partial charge in [-0.3, -0.25) is 9.59 Å². The van der Waals surface area contributed by atoms with Gasteiger partial charge in [0.15, 0.2) is 6.61 Å². The van der Waals surface area contributed by atoms with Crippen LogP contribution in [0.1, 0.15) is 0 Å². The molecule has 8 heteroatoms. The van der Waals surface area contributed by atoms with Gasteiger partial charge in [-0.25, -0.2) is 4.39 Å². The van der Waals surface area contributed by atoms with E-state index in [1.807, 2.05) is 0 Å². The highest BCUT2D eigenvalue weighted by atomic mass is 79.9. The Hall–Kier alpha value is -1.57. The van der Waals surface area contributed by atoms with Crippen LogP contribution in [-0.2, 0) is 14.3 Å². The SMILES string of the molecule is O=C(COC(=O)CSc1ccccc1Cl)Nc1ccc(Br)cc1F. The Labute approximate surface area is 155 Å². The lowest BCUT2D eigenvalue weighted by atomic mass is 10.3. The van der Waals surface area contributed by atoms with E-state index in [0.29, 0.717) is 9.50 Å². The van der Waals surface area contributed by atoms with Crippen LogP contribution in [0.4, 0.5) is 10.1 Å². The van der Waals surface area contributed by atoms with E-state index in [1.165, 1.54) is 23.9 Å². The highest BCUT2D eigenvalue weighted by molar-refractivity contribution is 9.10. The average Bonchev–Trinajstić information content (AvgIpc) is 2.55. The molecule has 0 bridgehead atoms. The van der Waals surface area contributed by atoms with E-state index in [4.69, 9.17) is 16.3 Å². The summed E-state index contributed by atoms with van der Waals surface area (Å²) in [6.07, 6.45) is 0. The van der Waals surface area contributed by atoms with Crippen molar-refractivity contribution in [2.24, 2.45) is 0 Å². The number of amides is 1. The molecule has 2 rings (SSSR count). The Bertz CT molecular complexity index is 760. The van der Waals surface area contributed by atoms with Crippen LogP contribution >= 0.6 is 39.3 Å². The summed E-state index contributed by atoms with van der Waals surface area (Å²) in [7, 11) is 0.